The van der Waals surface area contributed by atoms with Crippen molar-refractivity contribution < 1.29 is 17.9 Å². The van der Waals surface area contributed by atoms with E-state index in [4.69, 9.17) is 0 Å². The Balaban J connectivity index is 4.83. The molecule has 0 fully saturated rings. The van der Waals surface area contributed by atoms with E-state index in [1.165, 1.54) is 7.11 Å². The van der Waals surface area contributed by atoms with Gasteiger partial charge in [0.1, 0.15) is 6.04 Å². The number of nitrogens with one attached hydrogen (secondary N) is 1. The van der Waals surface area contributed by atoms with Crippen molar-refractivity contribution in [2.45, 2.75) is 40.7 Å². The van der Waals surface area contributed by atoms with Crippen LogP contribution in [0, 0.1) is 11.3 Å². The molecule has 0 aromatic rings. The van der Waals surface area contributed by atoms with Crippen LogP contribution in [0.4, 0.5) is 0 Å². The van der Waals surface area contributed by atoms with Gasteiger partial charge in [-0.15, -0.1) is 0 Å². The van der Waals surface area contributed by atoms with Crippen LogP contribution in [0.15, 0.2) is 0 Å². The van der Waals surface area contributed by atoms with Crippen molar-refractivity contribution in [2.75, 3.05) is 12.9 Å². The van der Waals surface area contributed by atoms with Gasteiger partial charge >= 0.3 is 5.97 Å². The average Bonchev–Trinajstić information content (AvgIpc) is 2.08. The van der Waals surface area contributed by atoms with Gasteiger partial charge in [0.25, 0.3) is 0 Å². The molecule has 0 amide bonds. The molecule has 1 N–H and O–H groups in total. The molecule has 0 aliphatic heterocycles. The van der Waals surface area contributed by atoms with Gasteiger partial charge in [0, 0.05) is 0 Å². The Hall–Kier alpha value is -0.620. The van der Waals surface area contributed by atoms with E-state index >= 15 is 0 Å². The minimum absolute atomic E-state index is 0.0276. The number of carbonyl (C=O) groups is 1. The molecule has 0 rings (SSSR count). The summed E-state index contributed by atoms with van der Waals surface area (Å²) in [5.74, 6) is -0.741. The van der Waals surface area contributed by atoms with Gasteiger partial charge in [-0.1, -0.05) is 34.6 Å². The Morgan fingerprint density at radius 1 is 1.29 bits per heavy atom. The van der Waals surface area contributed by atoms with E-state index in [0.717, 1.165) is 0 Å². The highest BCUT2D eigenvalue weighted by atomic mass is 32.2. The zero-order chi connectivity index (χ0) is 13.9. The van der Waals surface area contributed by atoms with Crippen LogP contribution in [0.25, 0.3) is 0 Å². The summed E-state index contributed by atoms with van der Waals surface area (Å²) in [5, 5.41) is 0. The second-order valence-corrected chi connectivity index (χ2v) is 7.44. The molecular weight excluding hydrogens is 242 g/mol. The molecule has 0 aromatic heterocycles. The first-order valence-corrected chi connectivity index (χ1v) is 7.21. The first-order chi connectivity index (χ1) is 7.48. The molecule has 5 nitrogen and oxygen atoms in total. The van der Waals surface area contributed by atoms with Crippen LogP contribution in [0.3, 0.4) is 0 Å². The van der Waals surface area contributed by atoms with Crippen LogP contribution in [-0.4, -0.2) is 33.3 Å². The fourth-order valence-corrected chi connectivity index (χ4v) is 3.37. The van der Waals surface area contributed by atoms with Gasteiger partial charge < -0.3 is 4.74 Å². The Morgan fingerprint density at radius 2 is 1.76 bits per heavy atom. The second kappa shape index (κ2) is 5.82. The monoisotopic (exact) mass is 265 g/mol. The summed E-state index contributed by atoms with van der Waals surface area (Å²) >= 11 is 0. The SMILES string of the molecule is COC(=O)C(NS(=O)(=O)CC(C)(C)C)C(C)C. The van der Waals surface area contributed by atoms with E-state index in [9.17, 15) is 13.2 Å². The standard InChI is InChI=1S/C11H23NO4S/c1-8(2)9(10(13)16-6)12-17(14,15)7-11(3,4)5/h8-9,12H,7H2,1-6H3. The maximum atomic E-state index is 11.9. The molecule has 0 aromatic carbocycles. The third kappa shape index (κ3) is 6.63. The van der Waals surface area contributed by atoms with Crippen molar-refractivity contribution >= 4 is 16.0 Å². The lowest BCUT2D eigenvalue weighted by molar-refractivity contribution is -0.143. The van der Waals surface area contributed by atoms with Crippen LogP contribution in [0.1, 0.15) is 34.6 Å². The van der Waals surface area contributed by atoms with Crippen LogP contribution in [0.5, 0.6) is 0 Å². The van der Waals surface area contributed by atoms with Gasteiger partial charge in [0.15, 0.2) is 0 Å². The number of carbonyl (C=O) groups excluding carboxylic acids is 1. The Labute approximate surface area is 104 Å². The van der Waals surface area contributed by atoms with E-state index in [-0.39, 0.29) is 17.1 Å². The Bertz CT molecular complexity index is 354. The van der Waals surface area contributed by atoms with Gasteiger partial charge in [0.2, 0.25) is 10.0 Å². The van der Waals surface area contributed by atoms with Crippen molar-refractivity contribution in [3.63, 3.8) is 0 Å². The molecule has 0 saturated carbocycles. The summed E-state index contributed by atoms with van der Waals surface area (Å²) in [5.41, 5.74) is -0.358. The molecular formula is C11H23NO4S. The van der Waals surface area contributed by atoms with Crippen LogP contribution in [-0.2, 0) is 19.6 Å². The Morgan fingerprint density at radius 3 is 2.06 bits per heavy atom. The quantitative estimate of drug-likeness (QED) is 0.757. The van der Waals surface area contributed by atoms with Crippen molar-refractivity contribution in [2.24, 2.45) is 11.3 Å². The zero-order valence-electron chi connectivity index (χ0n) is 11.4. The minimum atomic E-state index is -3.49. The zero-order valence-corrected chi connectivity index (χ0v) is 12.2. The summed E-state index contributed by atoms with van der Waals surface area (Å²) in [4.78, 5) is 11.4. The second-order valence-electron chi connectivity index (χ2n) is 5.68. The number of rotatable bonds is 5. The molecule has 1 unspecified atom stereocenters. The summed E-state index contributed by atoms with van der Waals surface area (Å²) in [6, 6.07) is -0.827. The van der Waals surface area contributed by atoms with Gasteiger partial charge in [-0.25, -0.2) is 13.1 Å². The lowest BCUT2D eigenvalue weighted by Crippen LogP contribution is -2.47. The Kier molecular flexibility index (Phi) is 5.61. The highest BCUT2D eigenvalue weighted by Crippen LogP contribution is 2.16. The summed E-state index contributed by atoms with van der Waals surface area (Å²) < 4.78 is 30.7. The summed E-state index contributed by atoms with van der Waals surface area (Å²) in [7, 11) is -2.24. The van der Waals surface area contributed by atoms with Gasteiger partial charge in [-0.2, -0.15) is 0 Å². The molecule has 1 atom stereocenters. The predicted octanol–water partition coefficient (Wildman–Crippen LogP) is 1.15. The first kappa shape index (κ1) is 16.4. The number of methoxy groups -OCH3 is 1. The van der Waals surface area contributed by atoms with Crippen molar-refractivity contribution in [1.29, 1.82) is 0 Å². The predicted molar refractivity (Wildman–Crippen MR) is 67.0 cm³/mol. The molecule has 0 saturated heterocycles. The van der Waals surface area contributed by atoms with Crippen molar-refractivity contribution in [1.82, 2.24) is 4.72 Å². The lowest BCUT2D eigenvalue weighted by atomic mass is 10.0. The fraction of sp³-hybridized carbons (Fsp3) is 0.909. The van der Waals surface area contributed by atoms with Gasteiger partial charge in [0.05, 0.1) is 12.9 Å². The van der Waals surface area contributed by atoms with Crippen molar-refractivity contribution in [3.8, 4) is 0 Å². The largest absolute Gasteiger partial charge is 0.468 e. The first-order valence-electron chi connectivity index (χ1n) is 5.56. The molecule has 0 aliphatic carbocycles. The third-order valence-corrected chi connectivity index (χ3v) is 3.91. The van der Waals surface area contributed by atoms with Crippen molar-refractivity contribution in [3.05, 3.63) is 0 Å². The van der Waals surface area contributed by atoms with E-state index in [0.29, 0.717) is 0 Å². The number of ether oxygens (including phenoxy) is 1. The summed E-state index contributed by atoms with van der Waals surface area (Å²) in [6.45, 7) is 9.01. The molecule has 0 radical (unpaired) electrons. The topological polar surface area (TPSA) is 72.5 Å². The normalized spacial score (nSPS) is 14.8. The van der Waals surface area contributed by atoms with Gasteiger partial charge in [-0.05, 0) is 11.3 Å². The van der Waals surface area contributed by atoms with Crippen LogP contribution in [0.2, 0.25) is 0 Å². The average molecular weight is 265 g/mol. The minimum Gasteiger partial charge on any atom is -0.468 e. The fourth-order valence-electron chi connectivity index (χ4n) is 1.39. The smallest absolute Gasteiger partial charge is 0.324 e. The van der Waals surface area contributed by atoms with Crippen LogP contribution < -0.4 is 4.72 Å². The molecule has 0 spiro atoms. The highest BCUT2D eigenvalue weighted by Gasteiger charge is 2.30. The van der Waals surface area contributed by atoms with E-state index in [2.05, 4.69) is 9.46 Å². The number of hydrogen-bond donors (Lipinski definition) is 1. The van der Waals surface area contributed by atoms with Crippen LogP contribution >= 0.6 is 0 Å². The molecule has 17 heavy (non-hydrogen) atoms. The number of esters is 1. The van der Waals surface area contributed by atoms with E-state index in [1.54, 1.807) is 13.8 Å². The highest BCUT2D eigenvalue weighted by molar-refractivity contribution is 7.89. The summed E-state index contributed by atoms with van der Waals surface area (Å²) in [6.07, 6.45) is 0. The molecule has 102 valence electrons. The molecule has 0 aliphatic rings. The van der Waals surface area contributed by atoms with E-state index in [1.807, 2.05) is 20.8 Å². The van der Waals surface area contributed by atoms with E-state index < -0.39 is 22.0 Å². The van der Waals surface area contributed by atoms with Gasteiger partial charge in [-0.3, -0.25) is 4.79 Å². The number of sulfonamides is 1. The number of hydrogen-bond acceptors (Lipinski definition) is 4. The molecule has 0 heterocycles. The lowest BCUT2D eigenvalue weighted by Gasteiger charge is -2.23. The molecule has 6 heteroatoms. The third-order valence-electron chi connectivity index (χ3n) is 2.05. The molecule has 0 bridgehead atoms. The maximum absolute atomic E-state index is 11.9. The maximum Gasteiger partial charge on any atom is 0.324 e.